The van der Waals surface area contributed by atoms with Gasteiger partial charge in [-0.15, -0.1) is 20.4 Å². The minimum absolute atomic E-state index is 0.183. The first-order valence-electron chi connectivity index (χ1n) is 11.7. The smallest absolute Gasteiger partial charge is 0.286 e. The summed E-state index contributed by atoms with van der Waals surface area (Å²) in [5, 5.41) is 42.7. The van der Waals surface area contributed by atoms with Crippen LogP contribution in [0.1, 0.15) is 40.7 Å². The standard InChI is InChI=1S/C24H26N12O2S2/c1-11-13(5-3-7-15(11)31-19(37)21-35-33-17(39-21)9-29-23(25)26)14-6-4-8-16(12(14)2)32-20(38)22-36-34-18(40-22)10-30-24(27)28/h3-8H,9-10H2,1-2H3,(H,31,37)(H,32,38)(H4,25,26,29)(H4,27,28,30). The summed E-state index contributed by atoms with van der Waals surface area (Å²) in [6.07, 6.45) is 0. The Kier molecular flexibility index (Phi) is 8.60. The van der Waals surface area contributed by atoms with E-state index in [1.54, 1.807) is 12.1 Å². The lowest BCUT2D eigenvalue weighted by atomic mass is 9.94. The fourth-order valence-electron chi connectivity index (χ4n) is 3.65. The summed E-state index contributed by atoms with van der Waals surface area (Å²) >= 11 is 2.21. The van der Waals surface area contributed by atoms with Crippen LogP contribution in [0.3, 0.4) is 0 Å². The Labute approximate surface area is 236 Å². The molecule has 0 aliphatic carbocycles. The number of rotatable bonds is 9. The Hall–Kier alpha value is -4.96. The zero-order valence-electron chi connectivity index (χ0n) is 21.5. The van der Waals surface area contributed by atoms with E-state index in [9.17, 15) is 9.59 Å². The lowest BCUT2D eigenvalue weighted by Gasteiger charge is -2.16. The topological polar surface area (TPSA) is 234 Å². The molecule has 4 aromatic rings. The predicted octanol–water partition coefficient (Wildman–Crippen LogP) is 2.14. The van der Waals surface area contributed by atoms with Gasteiger partial charge in [-0.2, -0.15) is 0 Å². The van der Waals surface area contributed by atoms with Crippen LogP contribution in [-0.2, 0) is 13.1 Å². The fraction of sp³-hybridized carbons (Fsp3) is 0.167. The van der Waals surface area contributed by atoms with Gasteiger partial charge in [-0.3, -0.25) is 20.4 Å². The first-order chi connectivity index (χ1) is 19.1. The molecule has 0 fully saturated rings. The number of hydrogen-bond donors (Lipinski definition) is 8. The molecule has 2 heterocycles. The monoisotopic (exact) mass is 578 g/mol. The highest BCUT2D eigenvalue weighted by Crippen LogP contribution is 2.34. The van der Waals surface area contributed by atoms with Gasteiger partial charge >= 0.3 is 0 Å². The number of hydrogen-bond acceptors (Lipinski definition) is 10. The van der Waals surface area contributed by atoms with Crippen LogP contribution < -0.4 is 32.7 Å². The first-order valence-corrected chi connectivity index (χ1v) is 13.4. The number of carbonyl (C=O) groups is 2. The highest BCUT2D eigenvalue weighted by atomic mass is 32.1. The van der Waals surface area contributed by atoms with E-state index in [0.29, 0.717) is 21.4 Å². The molecule has 14 nitrogen and oxygen atoms in total. The lowest BCUT2D eigenvalue weighted by molar-refractivity contribution is 0.101. The summed E-state index contributed by atoms with van der Waals surface area (Å²) in [6, 6.07) is 11.1. The third kappa shape index (κ3) is 6.72. The summed E-state index contributed by atoms with van der Waals surface area (Å²) in [5.41, 5.74) is 15.2. The zero-order chi connectivity index (χ0) is 28.8. The van der Waals surface area contributed by atoms with Crippen LogP contribution in [0.2, 0.25) is 0 Å². The Balaban J connectivity index is 1.50. The van der Waals surface area contributed by atoms with Gasteiger partial charge in [-0.1, -0.05) is 46.9 Å². The Morgan fingerprint density at radius 1 is 0.725 bits per heavy atom. The van der Waals surface area contributed by atoms with E-state index >= 15 is 0 Å². The third-order valence-corrected chi connectivity index (χ3v) is 7.48. The van der Waals surface area contributed by atoms with E-state index in [1.165, 1.54) is 0 Å². The van der Waals surface area contributed by atoms with Crippen molar-refractivity contribution < 1.29 is 9.59 Å². The van der Waals surface area contributed by atoms with Crippen molar-refractivity contribution in [3.8, 4) is 11.1 Å². The molecule has 0 aliphatic heterocycles. The maximum atomic E-state index is 12.8. The van der Waals surface area contributed by atoms with Crippen molar-refractivity contribution in [2.24, 2.45) is 11.5 Å². The SMILES string of the molecule is Cc1c(NC(=O)c2nnc(CNC(=N)N)s2)cccc1-c1cccc(NC(=O)c2nnc(CNC(=N)N)s2)c1C. The van der Waals surface area contributed by atoms with Gasteiger partial charge in [0.1, 0.15) is 10.0 Å². The average Bonchev–Trinajstić information content (AvgIpc) is 3.59. The van der Waals surface area contributed by atoms with Gasteiger partial charge in [-0.25, -0.2) is 0 Å². The molecule has 2 aromatic heterocycles. The van der Waals surface area contributed by atoms with Crippen molar-refractivity contribution in [3.05, 3.63) is 67.6 Å². The quantitative estimate of drug-likeness (QED) is 0.106. The van der Waals surface area contributed by atoms with Crippen molar-refractivity contribution in [1.82, 2.24) is 31.0 Å². The number of nitrogens with zero attached hydrogens (tertiary/aromatic N) is 4. The molecule has 0 saturated carbocycles. The van der Waals surface area contributed by atoms with Crippen molar-refractivity contribution in [2.45, 2.75) is 26.9 Å². The second-order valence-electron chi connectivity index (χ2n) is 8.40. The predicted molar refractivity (Wildman–Crippen MR) is 155 cm³/mol. The molecule has 0 atom stereocenters. The number of nitrogens with one attached hydrogen (secondary N) is 6. The van der Waals surface area contributed by atoms with Crippen LogP contribution in [-0.4, -0.2) is 44.1 Å². The summed E-state index contributed by atoms with van der Waals surface area (Å²) in [4.78, 5) is 25.7. The number of guanidine groups is 2. The number of carbonyl (C=O) groups excluding carboxylic acids is 2. The summed E-state index contributed by atoms with van der Waals surface area (Å²) in [5.74, 6) is -1.19. The van der Waals surface area contributed by atoms with Crippen LogP contribution in [0.15, 0.2) is 36.4 Å². The van der Waals surface area contributed by atoms with Crippen molar-refractivity contribution in [3.63, 3.8) is 0 Å². The molecule has 0 aliphatic rings. The van der Waals surface area contributed by atoms with Gasteiger partial charge in [0.2, 0.25) is 10.0 Å². The summed E-state index contributed by atoms with van der Waals surface area (Å²) in [7, 11) is 0. The van der Waals surface area contributed by atoms with E-state index < -0.39 is 11.8 Å². The van der Waals surface area contributed by atoms with E-state index in [-0.39, 0.29) is 35.0 Å². The number of aromatic nitrogens is 4. The van der Waals surface area contributed by atoms with E-state index in [1.807, 2.05) is 38.1 Å². The van der Waals surface area contributed by atoms with Crippen LogP contribution in [0.25, 0.3) is 11.1 Å². The molecule has 10 N–H and O–H groups in total. The molecular weight excluding hydrogens is 552 g/mol. The van der Waals surface area contributed by atoms with Gasteiger partial charge in [0.05, 0.1) is 13.1 Å². The maximum Gasteiger partial charge on any atom is 0.286 e. The van der Waals surface area contributed by atoms with E-state index in [4.69, 9.17) is 22.3 Å². The Morgan fingerprint density at radius 3 is 1.50 bits per heavy atom. The van der Waals surface area contributed by atoms with Gasteiger partial charge in [-0.05, 0) is 48.2 Å². The number of amides is 2. The highest BCUT2D eigenvalue weighted by molar-refractivity contribution is 7.13. The Bertz CT molecular complexity index is 1480. The second-order valence-corrected chi connectivity index (χ2v) is 10.5. The van der Waals surface area contributed by atoms with E-state index in [2.05, 4.69) is 41.7 Å². The molecule has 0 bridgehead atoms. The van der Waals surface area contributed by atoms with Gasteiger partial charge in [0.15, 0.2) is 11.9 Å². The van der Waals surface area contributed by atoms with Gasteiger partial charge in [0, 0.05) is 11.4 Å². The summed E-state index contributed by atoms with van der Waals surface area (Å²) < 4.78 is 0. The minimum Gasteiger partial charge on any atom is -0.370 e. The molecular formula is C24H26N12O2S2. The normalized spacial score (nSPS) is 10.6. The number of anilines is 2. The average molecular weight is 579 g/mol. The molecule has 206 valence electrons. The van der Waals surface area contributed by atoms with Crippen LogP contribution in [0.5, 0.6) is 0 Å². The molecule has 4 rings (SSSR count). The number of nitrogens with two attached hydrogens (primary N) is 2. The lowest BCUT2D eigenvalue weighted by Crippen LogP contribution is -2.29. The van der Waals surface area contributed by atoms with Crippen LogP contribution in [0.4, 0.5) is 11.4 Å². The highest BCUT2D eigenvalue weighted by Gasteiger charge is 2.18. The summed E-state index contributed by atoms with van der Waals surface area (Å²) in [6.45, 7) is 4.21. The molecule has 40 heavy (non-hydrogen) atoms. The zero-order valence-corrected chi connectivity index (χ0v) is 23.1. The molecule has 2 aromatic carbocycles. The maximum absolute atomic E-state index is 12.8. The van der Waals surface area contributed by atoms with Crippen molar-refractivity contribution >= 4 is 57.8 Å². The van der Waals surface area contributed by atoms with Crippen LogP contribution >= 0.6 is 22.7 Å². The molecule has 2 amide bonds. The first kappa shape index (κ1) is 28.1. The second kappa shape index (κ2) is 12.3. The largest absolute Gasteiger partial charge is 0.370 e. The third-order valence-electron chi connectivity index (χ3n) is 5.64. The molecule has 0 unspecified atom stereocenters. The Morgan fingerprint density at radius 2 is 1.12 bits per heavy atom. The number of benzene rings is 2. The molecule has 0 spiro atoms. The van der Waals surface area contributed by atoms with Crippen molar-refractivity contribution in [2.75, 3.05) is 10.6 Å². The minimum atomic E-state index is -0.403. The molecule has 16 heteroatoms. The molecule has 0 radical (unpaired) electrons. The fourth-order valence-corrected chi connectivity index (χ4v) is 5.00. The van der Waals surface area contributed by atoms with Gasteiger partial charge < -0.3 is 32.7 Å². The molecule has 0 saturated heterocycles. The van der Waals surface area contributed by atoms with E-state index in [0.717, 1.165) is 44.9 Å². The van der Waals surface area contributed by atoms with Crippen LogP contribution in [0, 0.1) is 24.7 Å². The van der Waals surface area contributed by atoms with Crippen molar-refractivity contribution in [1.29, 1.82) is 10.8 Å². The van der Waals surface area contributed by atoms with Gasteiger partial charge in [0.25, 0.3) is 11.8 Å².